The van der Waals surface area contributed by atoms with Crippen LogP contribution in [0.5, 0.6) is 11.5 Å². The van der Waals surface area contributed by atoms with Crippen molar-refractivity contribution in [2.45, 2.75) is 45.4 Å². The molecule has 0 saturated heterocycles. The standard InChI is InChI=1S/C13H19ClO2/c1-2-3-4-5-6-7-10-8-9-11(15)12(14)13(10)16/h8-9,15-16H,2-7H2,1H3. The van der Waals surface area contributed by atoms with Gasteiger partial charge in [0, 0.05) is 0 Å². The third-order valence-corrected chi connectivity index (χ3v) is 3.10. The molecule has 0 aliphatic heterocycles. The first-order valence-corrected chi connectivity index (χ1v) is 6.24. The minimum absolute atomic E-state index is 0.0251. The van der Waals surface area contributed by atoms with Crippen molar-refractivity contribution in [2.75, 3.05) is 0 Å². The first-order valence-electron chi connectivity index (χ1n) is 5.86. The zero-order valence-corrected chi connectivity index (χ0v) is 10.4. The van der Waals surface area contributed by atoms with Gasteiger partial charge in [-0.1, -0.05) is 50.3 Å². The number of hydrogen-bond donors (Lipinski definition) is 2. The number of phenols is 2. The van der Waals surface area contributed by atoms with Crippen LogP contribution < -0.4 is 0 Å². The highest BCUT2D eigenvalue weighted by atomic mass is 35.5. The van der Waals surface area contributed by atoms with E-state index >= 15 is 0 Å². The quantitative estimate of drug-likeness (QED) is 0.732. The van der Waals surface area contributed by atoms with E-state index < -0.39 is 0 Å². The highest BCUT2D eigenvalue weighted by Gasteiger charge is 2.09. The van der Waals surface area contributed by atoms with Crippen LogP contribution in [0.2, 0.25) is 5.02 Å². The van der Waals surface area contributed by atoms with Crippen molar-refractivity contribution in [3.05, 3.63) is 22.7 Å². The molecule has 1 aromatic rings. The predicted molar refractivity (Wildman–Crippen MR) is 67.2 cm³/mol. The second-order valence-corrected chi connectivity index (χ2v) is 4.45. The molecule has 0 atom stereocenters. The van der Waals surface area contributed by atoms with Gasteiger partial charge in [0.15, 0.2) is 0 Å². The third kappa shape index (κ3) is 3.60. The summed E-state index contributed by atoms with van der Waals surface area (Å²) in [5.41, 5.74) is 0.819. The van der Waals surface area contributed by atoms with Crippen molar-refractivity contribution in [1.29, 1.82) is 0 Å². The highest BCUT2D eigenvalue weighted by Crippen LogP contribution is 2.35. The summed E-state index contributed by atoms with van der Waals surface area (Å²) in [5.74, 6) is -0.0361. The molecule has 0 aliphatic rings. The van der Waals surface area contributed by atoms with Crippen LogP contribution in [0.1, 0.15) is 44.6 Å². The molecule has 0 unspecified atom stereocenters. The molecule has 16 heavy (non-hydrogen) atoms. The topological polar surface area (TPSA) is 40.5 Å². The Morgan fingerprint density at radius 2 is 1.75 bits per heavy atom. The molecule has 1 rings (SSSR count). The fourth-order valence-electron chi connectivity index (χ4n) is 1.71. The van der Waals surface area contributed by atoms with Crippen LogP contribution in [0.15, 0.2) is 12.1 Å². The lowest BCUT2D eigenvalue weighted by atomic mass is 10.0. The molecular formula is C13H19ClO2. The summed E-state index contributed by atoms with van der Waals surface area (Å²) < 4.78 is 0. The maximum absolute atomic E-state index is 9.69. The van der Waals surface area contributed by atoms with Gasteiger partial charge in [0.05, 0.1) is 0 Å². The highest BCUT2D eigenvalue weighted by molar-refractivity contribution is 6.33. The fraction of sp³-hybridized carbons (Fsp3) is 0.538. The van der Waals surface area contributed by atoms with Gasteiger partial charge in [-0.15, -0.1) is 0 Å². The van der Waals surface area contributed by atoms with Crippen LogP contribution in [0.25, 0.3) is 0 Å². The zero-order valence-electron chi connectivity index (χ0n) is 9.67. The van der Waals surface area contributed by atoms with Crippen molar-refractivity contribution < 1.29 is 10.2 Å². The molecule has 0 amide bonds. The Morgan fingerprint density at radius 3 is 2.44 bits per heavy atom. The number of unbranched alkanes of at least 4 members (excludes halogenated alkanes) is 4. The molecule has 1 aromatic carbocycles. The normalized spacial score (nSPS) is 10.6. The van der Waals surface area contributed by atoms with Gasteiger partial charge in [-0.05, 0) is 24.5 Å². The monoisotopic (exact) mass is 242 g/mol. The lowest BCUT2D eigenvalue weighted by Gasteiger charge is -2.07. The number of aromatic hydroxyl groups is 2. The summed E-state index contributed by atoms with van der Waals surface area (Å²) in [7, 11) is 0. The van der Waals surface area contributed by atoms with E-state index in [4.69, 9.17) is 11.6 Å². The van der Waals surface area contributed by atoms with Crippen LogP contribution in [-0.4, -0.2) is 10.2 Å². The summed E-state index contributed by atoms with van der Waals surface area (Å²) in [4.78, 5) is 0. The molecular weight excluding hydrogens is 224 g/mol. The van der Waals surface area contributed by atoms with Crippen molar-refractivity contribution in [3.8, 4) is 11.5 Å². The number of aryl methyl sites for hydroxylation is 1. The Hall–Kier alpha value is -0.890. The van der Waals surface area contributed by atoms with Crippen LogP contribution >= 0.6 is 11.6 Å². The van der Waals surface area contributed by atoms with Gasteiger partial charge in [0.25, 0.3) is 0 Å². The second kappa shape index (κ2) is 6.64. The van der Waals surface area contributed by atoms with Gasteiger partial charge < -0.3 is 10.2 Å². The van der Waals surface area contributed by atoms with Crippen LogP contribution in [-0.2, 0) is 6.42 Å². The smallest absolute Gasteiger partial charge is 0.141 e. The van der Waals surface area contributed by atoms with E-state index in [9.17, 15) is 10.2 Å². The lowest BCUT2D eigenvalue weighted by molar-refractivity contribution is 0.445. The largest absolute Gasteiger partial charge is 0.506 e. The molecule has 0 bridgehead atoms. The Bertz CT molecular complexity index is 337. The summed E-state index contributed by atoms with van der Waals surface area (Å²) in [6, 6.07) is 3.26. The molecule has 2 nitrogen and oxygen atoms in total. The van der Waals surface area contributed by atoms with Gasteiger partial charge >= 0.3 is 0 Å². The third-order valence-electron chi connectivity index (χ3n) is 2.73. The van der Waals surface area contributed by atoms with Gasteiger partial charge in [-0.2, -0.15) is 0 Å². The number of phenolic OH excluding ortho intramolecular Hbond substituents is 2. The van der Waals surface area contributed by atoms with Crippen molar-refractivity contribution >= 4 is 11.6 Å². The molecule has 0 heterocycles. The number of benzene rings is 1. The van der Waals surface area contributed by atoms with E-state index in [1.807, 2.05) is 0 Å². The molecule has 0 fully saturated rings. The van der Waals surface area contributed by atoms with Crippen molar-refractivity contribution in [3.63, 3.8) is 0 Å². The van der Waals surface area contributed by atoms with Gasteiger partial charge in [-0.3, -0.25) is 0 Å². The average Bonchev–Trinajstić information content (AvgIpc) is 2.28. The molecule has 3 heteroatoms. The maximum Gasteiger partial charge on any atom is 0.141 e. The van der Waals surface area contributed by atoms with E-state index in [1.54, 1.807) is 6.07 Å². The Morgan fingerprint density at radius 1 is 1.06 bits per heavy atom. The summed E-state index contributed by atoms with van der Waals surface area (Å²) in [6.07, 6.45) is 6.78. The summed E-state index contributed by atoms with van der Waals surface area (Å²) in [5, 5.41) is 19.0. The minimum atomic E-state index is -0.0612. The van der Waals surface area contributed by atoms with Crippen LogP contribution in [0.3, 0.4) is 0 Å². The SMILES string of the molecule is CCCCCCCc1ccc(O)c(Cl)c1O. The Balaban J connectivity index is 2.45. The first kappa shape index (κ1) is 13.2. The van der Waals surface area contributed by atoms with Gasteiger partial charge in [0.1, 0.15) is 16.5 Å². The Labute approximate surface area is 102 Å². The summed E-state index contributed by atoms with van der Waals surface area (Å²) in [6.45, 7) is 2.19. The average molecular weight is 243 g/mol. The van der Waals surface area contributed by atoms with Gasteiger partial charge in [0.2, 0.25) is 0 Å². The van der Waals surface area contributed by atoms with E-state index in [0.717, 1.165) is 18.4 Å². The van der Waals surface area contributed by atoms with Crippen molar-refractivity contribution in [2.24, 2.45) is 0 Å². The number of halogens is 1. The number of hydrogen-bond acceptors (Lipinski definition) is 2. The molecule has 2 N–H and O–H groups in total. The van der Waals surface area contributed by atoms with Gasteiger partial charge in [-0.25, -0.2) is 0 Å². The summed E-state index contributed by atoms with van der Waals surface area (Å²) >= 11 is 5.75. The Kier molecular flexibility index (Phi) is 5.47. The molecule has 0 aliphatic carbocycles. The second-order valence-electron chi connectivity index (χ2n) is 4.07. The zero-order chi connectivity index (χ0) is 12.0. The number of rotatable bonds is 6. The van der Waals surface area contributed by atoms with E-state index in [-0.39, 0.29) is 16.5 Å². The van der Waals surface area contributed by atoms with E-state index in [1.165, 1.54) is 31.7 Å². The molecule has 0 aromatic heterocycles. The van der Waals surface area contributed by atoms with Crippen molar-refractivity contribution in [1.82, 2.24) is 0 Å². The lowest BCUT2D eigenvalue weighted by Crippen LogP contribution is -1.88. The molecule has 0 saturated carbocycles. The predicted octanol–water partition coefficient (Wildman–Crippen LogP) is 4.26. The first-order chi connectivity index (χ1) is 7.66. The molecule has 90 valence electrons. The maximum atomic E-state index is 9.69. The molecule has 0 radical (unpaired) electrons. The minimum Gasteiger partial charge on any atom is -0.506 e. The fourth-order valence-corrected chi connectivity index (χ4v) is 1.90. The van der Waals surface area contributed by atoms with E-state index in [0.29, 0.717) is 0 Å². The van der Waals surface area contributed by atoms with E-state index in [2.05, 4.69) is 6.92 Å². The molecule has 0 spiro atoms. The van der Waals surface area contributed by atoms with Crippen LogP contribution in [0, 0.1) is 0 Å². The van der Waals surface area contributed by atoms with Crippen LogP contribution in [0.4, 0.5) is 0 Å².